The van der Waals surface area contributed by atoms with Gasteiger partial charge in [-0.05, 0) is 42.3 Å². The maximum Gasteiger partial charge on any atom is 0.324 e. The molecule has 0 saturated carbocycles. The van der Waals surface area contributed by atoms with Gasteiger partial charge < -0.3 is 15.8 Å². The van der Waals surface area contributed by atoms with Crippen LogP contribution >= 0.6 is 22.9 Å². The number of imidazole rings is 1. The van der Waals surface area contributed by atoms with Crippen LogP contribution in [0.3, 0.4) is 0 Å². The number of benzene rings is 2. The number of nitrogens with zero attached hydrogens (tertiary/aromatic N) is 4. The second-order valence-electron chi connectivity index (χ2n) is 9.44. The van der Waals surface area contributed by atoms with Gasteiger partial charge in [0.25, 0.3) is 10.0 Å². The summed E-state index contributed by atoms with van der Waals surface area (Å²) in [6.07, 6.45) is 3.68. The highest BCUT2D eigenvalue weighted by atomic mass is 35.5. The highest BCUT2D eigenvalue weighted by Gasteiger charge is 2.23. The molecule has 41 heavy (non-hydrogen) atoms. The molecule has 214 valence electrons. The van der Waals surface area contributed by atoms with Crippen molar-refractivity contribution in [2.75, 3.05) is 11.8 Å². The van der Waals surface area contributed by atoms with Crippen LogP contribution < -0.4 is 20.5 Å². The van der Waals surface area contributed by atoms with Crippen molar-refractivity contribution in [2.24, 2.45) is 5.73 Å². The van der Waals surface area contributed by atoms with E-state index in [2.05, 4.69) is 26.2 Å². The highest BCUT2D eigenvalue weighted by molar-refractivity contribution is 7.94. The topological polar surface area (TPSA) is 146 Å². The lowest BCUT2D eigenvalue weighted by molar-refractivity contribution is 0.250. The molecule has 0 aliphatic rings. The van der Waals surface area contributed by atoms with Crippen molar-refractivity contribution in [3.63, 3.8) is 0 Å². The molecule has 0 unspecified atom stereocenters. The average molecular weight is 614 g/mol. The zero-order valence-corrected chi connectivity index (χ0v) is 24.6. The van der Waals surface area contributed by atoms with Crippen LogP contribution in [0.2, 0.25) is 4.34 Å². The minimum atomic E-state index is -3.90. The smallest absolute Gasteiger partial charge is 0.324 e. The highest BCUT2D eigenvalue weighted by Crippen LogP contribution is 2.35. The fraction of sp³-hybridized carbons (Fsp3) is 0.222. The molecule has 1 amide bonds. The number of hydrogen-bond donors (Lipinski definition) is 3. The first-order chi connectivity index (χ1) is 19.6. The Morgan fingerprint density at radius 3 is 2.66 bits per heavy atom. The van der Waals surface area contributed by atoms with Gasteiger partial charge in [0.1, 0.15) is 16.3 Å². The van der Waals surface area contributed by atoms with Crippen LogP contribution in [-0.2, 0) is 29.5 Å². The molecule has 3 heterocycles. The number of halogens is 1. The maximum atomic E-state index is 13.1. The minimum absolute atomic E-state index is 0.0933. The quantitative estimate of drug-likeness (QED) is 0.199. The van der Waals surface area contributed by atoms with Gasteiger partial charge in [0, 0.05) is 25.2 Å². The SMILES string of the molecule is COc1cccc2c1c(NS(=O)(=O)c1ccc(Cl)s1)nn2Cc1cccc(CN[C@H](C)Cc2cn(C(N)=O)cn2)c1. The largest absolute Gasteiger partial charge is 0.496 e. The van der Waals surface area contributed by atoms with Crippen molar-refractivity contribution >= 4 is 55.7 Å². The molecule has 14 heteroatoms. The molecule has 0 saturated heterocycles. The Morgan fingerprint density at radius 1 is 1.17 bits per heavy atom. The number of carbonyl (C=O) groups is 1. The summed E-state index contributed by atoms with van der Waals surface area (Å²) in [5.41, 5.74) is 8.83. The Bertz CT molecular complexity index is 1810. The van der Waals surface area contributed by atoms with Crippen molar-refractivity contribution < 1.29 is 17.9 Å². The number of ether oxygens (including phenoxy) is 1. The third-order valence-corrected chi connectivity index (χ3v) is 9.45. The number of rotatable bonds is 11. The van der Waals surface area contributed by atoms with Gasteiger partial charge in [0.05, 0.1) is 34.6 Å². The molecule has 0 fully saturated rings. The van der Waals surface area contributed by atoms with Crippen molar-refractivity contribution in [3.8, 4) is 5.75 Å². The van der Waals surface area contributed by atoms with Gasteiger partial charge in [0.15, 0.2) is 5.82 Å². The van der Waals surface area contributed by atoms with Crippen molar-refractivity contribution in [1.29, 1.82) is 0 Å². The number of sulfonamides is 1. The number of primary amides is 1. The van der Waals surface area contributed by atoms with E-state index in [0.717, 1.165) is 33.7 Å². The Kier molecular flexibility index (Phi) is 8.31. The summed E-state index contributed by atoms with van der Waals surface area (Å²) in [6.45, 7) is 3.07. The zero-order valence-electron chi connectivity index (χ0n) is 22.2. The van der Waals surface area contributed by atoms with Crippen LogP contribution in [0.15, 0.2) is 71.3 Å². The van der Waals surface area contributed by atoms with E-state index < -0.39 is 16.1 Å². The standard InChI is InChI=1S/C27H28ClN7O4S2/c1-17(11-20-15-34(16-31-20)27(29)36)30-13-18-5-3-6-19(12-18)14-35-21-7-4-8-22(39-2)25(21)26(32-35)33-41(37,38)24-10-9-23(28)40-24/h3-10,12,15-17,30H,11,13-14H2,1-2H3,(H2,29,36)(H,32,33)/t17-/m1/s1. The number of thiophene rings is 1. The summed E-state index contributed by atoms with van der Waals surface area (Å²) in [5.74, 6) is 0.677. The summed E-state index contributed by atoms with van der Waals surface area (Å²) in [4.78, 5) is 15.5. The van der Waals surface area contributed by atoms with Crippen molar-refractivity contribution in [3.05, 3.63) is 88.3 Å². The molecular formula is C27H28ClN7O4S2. The van der Waals surface area contributed by atoms with Crippen LogP contribution in [0.1, 0.15) is 23.7 Å². The van der Waals surface area contributed by atoms with Gasteiger partial charge in [-0.2, -0.15) is 5.10 Å². The van der Waals surface area contributed by atoms with Crippen LogP contribution in [0.25, 0.3) is 10.9 Å². The molecular weight excluding hydrogens is 586 g/mol. The molecule has 1 atom stereocenters. The number of aromatic nitrogens is 4. The molecule has 0 aliphatic heterocycles. The van der Waals surface area contributed by atoms with E-state index in [1.165, 1.54) is 30.1 Å². The summed E-state index contributed by atoms with van der Waals surface area (Å²) >= 11 is 6.94. The normalized spacial score (nSPS) is 12.5. The third kappa shape index (κ3) is 6.54. The van der Waals surface area contributed by atoms with E-state index in [-0.39, 0.29) is 16.1 Å². The van der Waals surface area contributed by atoms with E-state index in [1.807, 2.05) is 37.3 Å². The van der Waals surface area contributed by atoms with Gasteiger partial charge >= 0.3 is 6.03 Å². The zero-order chi connectivity index (χ0) is 29.1. The Hall–Kier alpha value is -3.91. The summed E-state index contributed by atoms with van der Waals surface area (Å²) < 4.78 is 37.8. The van der Waals surface area contributed by atoms with Crippen LogP contribution in [0.4, 0.5) is 10.6 Å². The first-order valence-corrected chi connectivity index (χ1v) is 15.3. The summed E-state index contributed by atoms with van der Waals surface area (Å²) in [7, 11) is -2.37. The number of nitrogens with two attached hydrogens (primary N) is 1. The van der Waals surface area contributed by atoms with Crippen LogP contribution in [-0.4, -0.2) is 46.9 Å². The molecule has 0 aliphatic carbocycles. The fourth-order valence-electron chi connectivity index (χ4n) is 4.46. The number of nitrogens with one attached hydrogen (secondary N) is 2. The lowest BCUT2D eigenvalue weighted by Crippen LogP contribution is -2.27. The lowest BCUT2D eigenvalue weighted by Gasteiger charge is -2.13. The van der Waals surface area contributed by atoms with E-state index >= 15 is 0 Å². The first kappa shape index (κ1) is 28.6. The summed E-state index contributed by atoms with van der Waals surface area (Å²) in [6, 6.07) is 16.1. The number of methoxy groups -OCH3 is 1. The minimum Gasteiger partial charge on any atom is -0.496 e. The molecule has 4 N–H and O–H groups in total. The fourth-order valence-corrected chi connectivity index (χ4v) is 6.95. The molecule has 5 aromatic rings. The van der Waals surface area contributed by atoms with Gasteiger partial charge in [-0.1, -0.05) is 41.9 Å². The lowest BCUT2D eigenvalue weighted by atomic mass is 10.1. The molecule has 3 aromatic heterocycles. The van der Waals surface area contributed by atoms with E-state index in [9.17, 15) is 13.2 Å². The van der Waals surface area contributed by atoms with E-state index in [0.29, 0.717) is 35.0 Å². The molecule has 2 aromatic carbocycles. The monoisotopic (exact) mass is 613 g/mol. The first-order valence-electron chi connectivity index (χ1n) is 12.6. The van der Waals surface area contributed by atoms with Crippen molar-refractivity contribution in [2.45, 2.75) is 36.7 Å². The Labute approximate surface area is 246 Å². The molecule has 0 bridgehead atoms. The van der Waals surface area contributed by atoms with E-state index in [4.69, 9.17) is 22.1 Å². The maximum absolute atomic E-state index is 13.1. The van der Waals surface area contributed by atoms with Crippen LogP contribution in [0, 0.1) is 0 Å². The molecule has 0 spiro atoms. The molecule has 0 radical (unpaired) electrons. The Balaban J connectivity index is 1.34. The second kappa shape index (κ2) is 11.9. The van der Waals surface area contributed by atoms with E-state index in [1.54, 1.807) is 16.9 Å². The second-order valence-corrected chi connectivity index (χ2v) is 13.1. The van der Waals surface area contributed by atoms with Gasteiger partial charge in [-0.3, -0.25) is 14.0 Å². The molecule has 11 nitrogen and oxygen atoms in total. The predicted molar refractivity (Wildman–Crippen MR) is 159 cm³/mol. The molecule has 5 rings (SSSR count). The number of carbonyl (C=O) groups excluding carboxylic acids is 1. The van der Waals surface area contributed by atoms with Gasteiger partial charge in [-0.15, -0.1) is 11.3 Å². The summed E-state index contributed by atoms with van der Waals surface area (Å²) in [5, 5.41) is 8.68. The number of hydrogen-bond acceptors (Lipinski definition) is 8. The third-order valence-electron chi connectivity index (χ3n) is 6.39. The van der Waals surface area contributed by atoms with Gasteiger partial charge in [-0.25, -0.2) is 18.2 Å². The predicted octanol–water partition coefficient (Wildman–Crippen LogP) is 4.45. The average Bonchev–Trinajstić information content (AvgIpc) is 3.67. The van der Waals surface area contributed by atoms with Crippen molar-refractivity contribution in [1.82, 2.24) is 24.6 Å². The number of anilines is 1. The van der Waals surface area contributed by atoms with Crippen LogP contribution in [0.5, 0.6) is 5.75 Å². The Morgan fingerprint density at radius 2 is 1.95 bits per heavy atom. The number of fused-ring (bicyclic) bond motifs is 1. The van der Waals surface area contributed by atoms with Gasteiger partial charge in [0.2, 0.25) is 0 Å². The number of amides is 1.